The van der Waals surface area contributed by atoms with Gasteiger partial charge in [-0.25, -0.2) is 0 Å². The smallest absolute Gasteiger partial charge is 0.491 e. The zero-order chi connectivity index (χ0) is 23.7. The third kappa shape index (κ3) is 8.70. The second-order valence-electron chi connectivity index (χ2n) is 6.80. The summed E-state index contributed by atoms with van der Waals surface area (Å²) in [4.78, 5) is 0. The molecule has 33 heavy (non-hydrogen) atoms. The van der Waals surface area contributed by atoms with Crippen molar-refractivity contribution in [2.45, 2.75) is 6.18 Å². The predicted molar refractivity (Wildman–Crippen MR) is 128 cm³/mol. The van der Waals surface area contributed by atoms with Crippen LogP contribution in [0.25, 0.3) is 0 Å². The molecule has 0 bridgehead atoms. The van der Waals surface area contributed by atoms with Crippen molar-refractivity contribution in [3.8, 4) is 11.5 Å². The molecule has 0 saturated carbocycles. The van der Waals surface area contributed by atoms with Crippen LogP contribution in [0.3, 0.4) is 0 Å². The summed E-state index contributed by atoms with van der Waals surface area (Å²) in [5.41, 5.74) is -0.266. The Kier molecular flexibility index (Phi) is 9.67. The number of alkyl halides is 3. The Morgan fingerprint density at radius 3 is 1.42 bits per heavy atom. The highest BCUT2D eigenvalue weighted by Crippen LogP contribution is 2.28. The summed E-state index contributed by atoms with van der Waals surface area (Å²) in [7, 11) is -0.866. The molecule has 10 heteroatoms. The molecule has 0 N–H and O–H groups in total. The van der Waals surface area contributed by atoms with Gasteiger partial charge in [0.05, 0.1) is 18.8 Å². The lowest BCUT2D eigenvalue weighted by Gasteiger charge is -2.17. The summed E-state index contributed by atoms with van der Waals surface area (Å²) < 4.78 is 63.3. The van der Waals surface area contributed by atoms with Crippen LogP contribution in [-0.4, -0.2) is 33.5 Å². The zero-order valence-corrected chi connectivity index (χ0v) is 20.5. The van der Waals surface area contributed by atoms with Gasteiger partial charge in [0.1, 0.15) is 24.7 Å². The van der Waals surface area contributed by atoms with Crippen molar-refractivity contribution in [3.63, 3.8) is 0 Å². The molecule has 0 radical (unpaired) electrons. The Morgan fingerprint density at radius 2 is 1.03 bits per heavy atom. The molecule has 3 rings (SSSR count). The van der Waals surface area contributed by atoms with Crippen LogP contribution in [0.15, 0.2) is 81.7 Å². The largest absolute Gasteiger partial charge is 0.494 e. The third-order valence-corrected chi connectivity index (χ3v) is 5.44. The molecule has 3 aromatic rings. The van der Waals surface area contributed by atoms with Crippen molar-refractivity contribution in [2.75, 3.05) is 26.4 Å². The van der Waals surface area contributed by atoms with Crippen LogP contribution in [0.5, 0.6) is 11.5 Å². The minimum atomic E-state index is -4.41. The van der Waals surface area contributed by atoms with Crippen LogP contribution in [0.1, 0.15) is 5.56 Å². The van der Waals surface area contributed by atoms with Crippen LogP contribution in [0.2, 0.25) is 0 Å². The SMILES string of the molecule is FC(F)(F)c1ccc(B(OCCOc2ccc(Br)cc2)OCCOc2ccc(Br)cc2)cc1. The Hall–Kier alpha value is -2.01. The van der Waals surface area contributed by atoms with Crippen LogP contribution in [0.4, 0.5) is 13.2 Å². The third-order valence-electron chi connectivity index (χ3n) is 4.38. The lowest BCUT2D eigenvalue weighted by molar-refractivity contribution is -0.137. The molecule has 0 aliphatic carbocycles. The van der Waals surface area contributed by atoms with E-state index in [9.17, 15) is 13.2 Å². The molecule has 0 fully saturated rings. The van der Waals surface area contributed by atoms with Gasteiger partial charge in [-0.3, -0.25) is 0 Å². The molecule has 174 valence electrons. The second-order valence-corrected chi connectivity index (χ2v) is 8.63. The Labute approximate surface area is 207 Å². The molecule has 0 aromatic heterocycles. The van der Waals surface area contributed by atoms with E-state index >= 15 is 0 Å². The molecule has 0 heterocycles. The first-order valence-corrected chi connectivity index (χ1v) is 11.6. The van der Waals surface area contributed by atoms with Gasteiger partial charge in [-0.1, -0.05) is 56.1 Å². The molecule has 0 spiro atoms. The molecule has 4 nitrogen and oxygen atoms in total. The normalized spacial score (nSPS) is 11.3. The molecule has 0 aliphatic rings. The van der Waals surface area contributed by atoms with Gasteiger partial charge in [0.25, 0.3) is 0 Å². The van der Waals surface area contributed by atoms with E-state index in [-0.39, 0.29) is 26.4 Å². The van der Waals surface area contributed by atoms with Gasteiger partial charge in [0.15, 0.2) is 0 Å². The summed E-state index contributed by atoms with van der Waals surface area (Å²) in [5, 5.41) is 0. The van der Waals surface area contributed by atoms with Gasteiger partial charge in [-0.2, -0.15) is 13.2 Å². The van der Waals surface area contributed by atoms with E-state index in [1.165, 1.54) is 12.1 Å². The van der Waals surface area contributed by atoms with E-state index < -0.39 is 18.9 Å². The summed E-state index contributed by atoms with van der Waals surface area (Å²) in [6.07, 6.45) is -4.41. The van der Waals surface area contributed by atoms with Crippen molar-refractivity contribution in [1.82, 2.24) is 0 Å². The molecule has 0 atom stereocenters. The van der Waals surface area contributed by atoms with Crippen LogP contribution in [0, 0.1) is 0 Å². The minimum absolute atomic E-state index is 0.176. The van der Waals surface area contributed by atoms with Gasteiger partial charge in [-0.05, 0) is 54.0 Å². The number of rotatable bonds is 11. The van der Waals surface area contributed by atoms with Crippen molar-refractivity contribution in [1.29, 1.82) is 0 Å². The first-order valence-electron chi connectivity index (χ1n) is 9.98. The summed E-state index contributed by atoms with van der Waals surface area (Å²) >= 11 is 6.72. The Morgan fingerprint density at radius 1 is 0.606 bits per heavy atom. The molecule has 0 unspecified atom stereocenters. The van der Waals surface area contributed by atoms with Gasteiger partial charge in [0.2, 0.25) is 0 Å². The van der Waals surface area contributed by atoms with Gasteiger partial charge in [-0.15, -0.1) is 0 Å². The van der Waals surface area contributed by atoms with E-state index in [0.717, 1.165) is 21.1 Å². The quantitative estimate of drug-likeness (QED) is 0.200. The predicted octanol–water partition coefficient (Wildman–Crippen LogP) is 6.12. The van der Waals surface area contributed by atoms with Crippen LogP contribution < -0.4 is 14.9 Å². The fraction of sp³-hybridized carbons (Fsp3) is 0.217. The summed E-state index contributed by atoms with van der Waals surface area (Å²) in [5.74, 6) is 1.35. The number of hydrogen-bond acceptors (Lipinski definition) is 4. The van der Waals surface area contributed by atoms with Gasteiger partial charge in [0, 0.05) is 8.95 Å². The lowest BCUT2D eigenvalue weighted by atomic mass is 9.78. The first kappa shape index (κ1) is 25.6. The molecule has 3 aromatic carbocycles. The number of ether oxygens (including phenoxy) is 2. The van der Waals surface area contributed by atoms with E-state index in [0.29, 0.717) is 17.0 Å². The first-order chi connectivity index (χ1) is 15.8. The number of benzene rings is 3. The van der Waals surface area contributed by atoms with E-state index in [1.54, 1.807) is 0 Å². The second kappa shape index (κ2) is 12.5. The number of halogens is 5. The Balaban J connectivity index is 1.55. The van der Waals surface area contributed by atoms with E-state index in [2.05, 4.69) is 31.9 Å². The van der Waals surface area contributed by atoms with Crippen molar-refractivity contribution in [2.24, 2.45) is 0 Å². The van der Waals surface area contributed by atoms with Gasteiger partial charge >= 0.3 is 13.3 Å². The van der Waals surface area contributed by atoms with E-state index in [1.807, 2.05) is 48.5 Å². The van der Waals surface area contributed by atoms with Crippen molar-refractivity contribution in [3.05, 3.63) is 87.3 Å². The molecular formula is C23H20BBr2F3O4. The highest BCUT2D eigenvalue weighted by Gasteiger charge is 2.31. The van der Waals surface area contributed by atoms with Crippen molar-refractivity contribution < 1.29 is 32.0 Å². The fourth-order valence-electron chi connectivity index (χ4n) is 2.76. The molecule has 0 aliphatic heterocycles. The topological polar surface area (TPSA) is 36.9 Å². The minimum Gasteiger partial charge on any atom is -0.491 e. The van der Waals surface area contributed by atoms with Gasteiger partial charge < -0.3 is 18.8 Å². The highest BCUT2D eigenvalue weighted by molar-refractivity contribution is 9.10. The maximum Gasteiger partial charge on any atom is 0.494 e. The fourth-order valence-corrected chi connectivity index (χ4v) is 3.29. The Bertz CT molecular complexity index is 931. The molecule has 0 amide bonds. The van der Waals surface area contributed by atoms with Crippen LogP contribution in [-0.2, 0) is 15.5 Å². The maximum atomic E-state index is 12.9. The molecule has 0 saturated heterocycles. The van der Waals surface area contributed by atoms with E-state index in [4.69, 9.17) is 18.8 Å². The average molecular weight is 588 g/mol. The summed E-state index contributed by atoms with van der Waals surface area (Å²) in [6, 6.07) is 19.4. The summed E-state index contributed by atoms with van der Waals surface area (Å²) in [6.45, 7) is 0.847. The number of hydrogen-bond donors (Lipinski definition) is 0. The highest BCUT2D eigenvalue weighted by atomic mass is 79.9. The monoisotopic (exact) mass is 586 g/mol. The van der Waals surface area contributed by atoms with Crippen molar-refractivity contribution >= 4 is 44.4 Å². The van der Waals surface area contributed by atoms with Crippen LogP contribution >= 0.6 is 31.9 Å². The standard InChI is InChI=1S/C23H20BBr2F3O4/c25-19-5-9-21(10-6-19)30-13-15-32-24(18-3-1-17(2-4-18)23(27,28)29)33-16-14-31-22-11-7-20(26)8-12-22/h1-12H,13-16H2. The maximum absolute atomic E-state index is 12.9. The molecular weight excluding hydrogens is 568 g/mol. The zero-order valence-electron chi connectivity index (χ0n) is 17.4. The lowest BCUT2D eigenvalue weighted by Crippen LogP contribution is -2.39. The average Bonchev–Trinajstić information content (AvgIpc) is 2.80.